The highest BCUT2D eigenvalue weighted by molar-refractivity contribution is 5.82. The van der Waals surface area contributed by atoms with Crippen LogP contribution in [0.2, 0.25) is 0 Å². The lowest BCUT2D eigenvalue weighted by Crippen LogP contribution is -2.22. The third-order valence-electron chi connectivity index (χ3n) is 2.71. The third kappa shape index (κ3) is 4.30. The van der Waals surface area contributed by atoms with Gasteiger partial charge in [0, 0.05) is 6.08 Å². The molecule has 3 nitrogen and oxygen atoms in total. The Balaban J connectivity index is 2.27. The Morgan fingerprint density at radius 3 is 2.67 bits per heavy atom. The van der Waals surface area contributed by atoms with Crippen LogP contribution in [0.4, 0.5) is 0 Å². The summed E-state index contributed by atoms with van der Waals surface area (Å²) in [5.41, 5.74) is -0.504. The van der Waals surface area contributed by atoms with Gasteiger partial charge in [-0.1, -0.05) is 31.1 Å². The number of hydrogen-bond acceptors (Lipinski definition) is 3. The van der Waals surface area contributed by atoms with Crippen molar-refractivity contribution in [3.05, 3.63) is 24.3 Å². The lowest BCUT2D eigenvalue weighted by atomic mass is 9.98. The average molecular weight is 210 g/mol. The van der Waals surface area contributed by atoms with Crippen molar-refractivity contribution < 1.29 is 14.6 Å². The Hall–Kier alpha value is -1.09. The first-order valence-corrected chi connectivity index (χ1v) is 5.30. The molecule has 1 aliphatic rings. The van der Waals surface area contributed by atoms with Crippen molar-refractivity contribution in [3.8, 4) is 0 Å². The topological polar surface area (TPSA) is 46.5 Å². The highest BCUT2D eigenvalue weighted by atomic mass is 16.5. The summed E-state index contributed by atoms with van der Waals surface area (Å²) in [7, 11) is 1.34. The molecule has 0 radical (unpaired) electrons. The minimum Gasteiger partial charge on any atom is -0.466 e. The van der Waals surface area contributed by atoms with Crippen LogP contribution in [0.1, 0.15) is 32.1 Å². The number of esters is 1. The second-order valence-corrected chi connectivity index (χ2v) is 3.95. The van der Waals surface area contributed by atoms with Crippen molar-refractivity contribution in [1.82, 2.24) is 0 Å². The number of methoxy groups -OCH3 is 1. The molecule has 1 fully saturated rings. The average Bonchev–Trinajstić information content (AvgIpc) is 2.64. The monoisotopic (exact) mass is 210 g/mol. The van der Waals surface area contributed by atoms with Gasteiger partial charge in [-0.15, -0.1) is 0 Å². The van der Waals surface area contributed by atoms with E-state index in [2.05, 4.69) is 4.74 Å². The Bertz CT molecular complexity index is 260. The van der Waals surface area contributed by atoms with Crippen LogP contribution in [0.3, 0.4) is 0 Å². The number of ether oxygens (including phenoxy) is 1. The molecule has 0 spiro atoms. The van der Waals surface area contributed by atoms with Crippen LogP contribution < -0.4 is 0 Å². The molecular formula is C12H18O3. The molecule has 0 atom stereocenters. The van der Waals surface area contributed by atoms with E-state index in [0.717, 1.165) is 25.7 Å². The van der Waals surface area contributed by atoms with Crippen LogP contribution in [0.5, 0.6) is 0 Å². The summed E-state index contributed by atoms with van der Waals surface area (Å²) >= 11 is 0. The summed E-state index contributed by atoms with van der Waals surface area (Å²) in [6.45, 7) is 0. The quantitative estimate of drug-likeness (QED) is 0.438. The fraction of sp³-hybridized carbons (Fsp3) is 0.583. The molecule has 0 aromatic rings. The molecule has 1 saturated carbocycles. The molecule has 0 aromatic heterocycles. The molecule has 0 aromatic carbocycles. The van der Waals surface area contributed by atoms with Crippen molar-refractivity contribution >= 4 is 5.97 Å². The summed E-state index contributed by atoms with van der Waals surface area (Å²) in [6.07, 6.45) is 11.3. The zero-order valence-electron chi connectivity index (χ0n) is 9.11. The van der Waals surface area contributed by atoms with E-state index in [4.69, 9.17) is 0 Å². The maximum atomic E-state index is 10.7. The molecule has 0 bridgehead atoms. The zero-order chi connectivity index (χ0) is 11.1. The van der Waals surface area contributed by atoms with Gasteiger partial charge >= 0.3 is 5.97 Å². The fourth-order valence-electron chi connectivity index (χ4n) is 1.81. The van der Waals surface area contributed by atoms with E-state index in [1.165, 1.54) is 13.2 Å². The van der Waals surface area contributed by atoms with Crippen LogP contribution in [0.25, 0.3) is 0 Å². The first-order valence-electron chi connectivity index (χ1n) is 5.30. The van der Waals surface area contributed by atoms with E-state index in [9.17, 15) is 9.90 Å². The fourth-order valence-corrected chi connectivity index (χ4v) is 1.81. The molecule has 0 aliphatic heterocycles. The predicted molar refractivity (Wildman–Crippen MR) is 58.3 cm³/mol. The van der Waals surface area contributed by atoms with E-state index < -0.39 is 5.60 Å². The van der Waals surface area contributed by atoms with Gasteiger partial charge < -0.3 is 9.84 Å². The van der Waals surface area contributed by atoms with E-state index >= 15 is 0 Å². The van der Waals surface area contributed by atoms with Gasteiger partial charge in [-0.05, 0) is 19.3 Å². The predicted octanol–water partition coefficient (Wildman–Crippen LogP) is 1.97. The normalized spacial score (nSPS) is 20.1. The Kier molecular flexibility index (Phi) is 4.56. The second-order valence-electron chi connectivity index (χ2n) is 3.95. The second kappa shape index (κ2) is 5.71. The van der Waals surface area contributed by atoms with Crippen LogP contribution in [0, 0.1) is 0 Å². The van der Waals surface area contributed by atoms with Crippen LogP contribution in [-0.4, -0.2) is 23.8 Å². The molecule has 0 saturated heterocycles. The smallest absolute Gasteiger partial charge is 0.330 e. The van der Waals surface area contributed by atoms with E-state index in [-0.39, 0.29) is 5.97 Å². The van der Waals surface area contributed by atoms with Gasteiger partial charge in [0.2, 0.25) is 0 Å². The van der Waals surface area contributed by atoms with Crippen molar-refractivity contribution in [1.29, 1.82) is 0 Å². The number of hydrogen-bond donors (Lipinski definition) is 1. The van der Waals surface area contributed by atoms with Crippen molar-refractivity contribution in [2.45, 2.75) is 37.7 Å². The first-order chi connectivity index (χ1) is 7.16. The van der Waals surface area contributed by atoms with Gasteiger partial charge in [-0.2, -0.15) is 0 Å². The summed E-state index contributed by atoms with van der Waals surface area (Å²) < 4.78 is 4.44. The van der Waals surface area contributed by atoms with Crippen LogP contribution >= 0.6 is 0 Å². The number of allylic oxidation sites excluding steroid dienone is 2. The van der Waals surface area contributed by atoms with Gasteiger partial charge in [0.15, 0.2) is 0 Å². The molecule has 1 aliphatic carbocycles. The molecule has 0 unspecified atom stereocenters. The number of carbonyl (C=O) groups is 1. The Morgan fingerprint density at radius 1 is 1.40 bits per heavy atom. The highest BCUT2D eigenvalue weighted by Gasteiger charge is 2.29. The van der Waals surface area contributed by atoms with Crippen LogP contribution in [-0.2, 0) is 9.53 Å². The largest absolute Gasteiger partial charge is 0.466 e. The van der Waals surface area contributed by atoms with Gasteiger partial charge in [0.05, 0.1) is 12.7 Å². The first kappa shape index (κ1) is 12.0. The standard InChI is InChI=1S/C12H18O3/c1-15-11(13)7-3-2-4-8-12(14)9-5-6-10-12/h2-4,7,14H,5-6,8-10H2,1H3/b4-2+,7-3+. The molecule has 0 heterocycles. The maximum Gasteiger partial charge on any atom is 0.330 e. The minimum atomic E-state index is -0.504. The summed E-state index contributed by atoms with van der Waals surface area (Å²) in [6, 6.07) is 0. The molecule has 1 rings (SSSR count). The summed E-state index contributed by atoms with van der Waals surface area (Å²) in [4.78, 5) is 10.7. The molecule has 3 heteroatoms. The molecule has 84 valence electrons. The minimum absolute atomic E-state index is 0.362. The van der Waals surface area contributed by atoms with E-state index in [1.54, 1.807) is 12.2 Å². The van der Waals surface area contributed by atoms with Gasteiger partial charge in [-0.25, -0.2) is 4.79 Å². The van der Waals surface area contributed by atoms with E-state index in [0.29, 0.717) is 6.42 Å². The molecule has 0 amide bonds. The molecule has 1 N–H and O–H groups in total. The molecular weight excluding hydrogens is 192 g/mol. The lowest BCUT2D eigenvalue weighted by Gasteiger charge is -2.19. The third-order valence-corrected chi connectivity index (χ3v) is 2.71. The number of rotatable bonds is 4. The van der Waals surface area contributed by atoms with Crippen molar-refractivity contribution in [2.75, 3.05) is 7.11 Å². The van der Waals surface area contributed by atoms with E-state index in [1.807, 2.05) is 6.08 Å². The Labute approximate surface area is 90.4 Å². The SMILES string of the molecule is COC(=O)/C=C/C=C/CC1(O)CCCC1. The lowest BCUT2D eigenvalue weighted by molar-refractivity contribution is -0.134. The van der Waals surface area contributed by atoms with Crippen molar-refractivity contribution in [2.24, 2.45) is 0 Å². The van der Waals surface area contributed by atoms with Gasteiger partial charge in [0.1, 0.15) is 0 Å². The van der Waals surface area contributed by atoms with Crippen LogP contribution in [0.15, 0.2) is 24.3 Å². The van der Waals surface area contributed by atoms with Gasteiger partial charge in [0.25, 0.3) is 0 Å². The summed E-state index contributed by atoms with van der Waals surface area (Å²) in [5, 5.41) is 9.98. The highest BCUT2D eigenvalue weighted by Crippen LogP contribution is 2.32. The van der Waals surface area contributed by atoms with Gasteiger partial charge in [-0.3, -0.25) is 0 Å². The molecule has 15 heavy (non-hydrogen) atoms. The number of aliphatic hydroxyl groups is 1. The number of carbonyl (C=O) groups excluding carboxylic acids is 1. The Morgan fingerprint density at radius 2 is 2.07 bits per heavy atom. The zero-order valence-corrected chi connectivity index (χ0v) is 9.11. The summed E-state index contributed by atoms with van der Waals surface area (Å²) in [5.74, 6) is -0.362. The van der Waals surface area contributed by atoms with Crippen molar-refractivity contribution in [3.63, 3.8) is 0 Å². The maximum absolute atomic E-state index is 10.7.